The Kier molecular flexibility index (Phi) is 5.48. The predicted molar refractivity (Wildman–Crippen MR) is 76.6 cm³/mol. The summed E-state index contributed by atoms with van der Waals surface area (Å²) in [5.41, 5.74) is 0. The monoisotopic (exact) mass is 288 g/mol. The summed E-state index contributed by atoms with van der Waals surface area (Å²) in [5.74, 6) is 1.14. The van der Waals surface area contributed by atoms with Gasteiger partial charge in [-0.15, -0.1) is 12.4 Å². The highest BCUT2D eigenvalue weighted by Gasteiger charge is 2.37. The van der Waals surface area contributed by atoms with Gasteiger partial charge < -0.3 is 15.0 Å². The van der Waals surface area contributed by atoms with Crippen molar-refractivity contribution in [3.8, 4) is 0 Å². The minimum Gasteiger partial charge on any atom is -0.378 e. The van der Waals surface area contributed by atoms with E-state index in [2.05, 4.69) is 10.2 Å². The molecule has 2 heterocycles. The average Bonchev–Trinajstić information content (AvgIpc) is 2.77. The number of carbonyl (C=O) groups excluding carboxylic acids is 1. The van der Waals surface area contributed by atoms with Crippen LogP contribution in [-0.4, -0.2) is 49.2 Å². The molecule has 0 bridgehead atoms. The molecule has 1 saturated carbocycles. The van der Waals surface area contributed by atoms with Gasteiger partial charge in [0.25, 0.3) is 0 Å². The molecule has 1 N–H and O–H groups in total. The third-order valence-electron chi connectivity index (χ3n) is 4.73. The number of likely N-dealkylation sites (tertiary alicyclic amines) is 1. The molecule has 0 spiro atoms. The van der Waals surface area contributed by atoms with Crippen LogP contribution in [-0.2, 0) is 9.53 Å². The zero-order chi connectivity index (χ0) is 12.4. The number of amides is 1. The number of nitrogens with zero attached hydrogens (tertiary/aromatic N) is 1. The van der Waals surface area contributed by atoms with E-state index in [1.807, 2.05) is 0 Å². The molecule has 2 atom stereocenters. The molecule has 0 aromatic carbocycles. The number of halogens is 1. The Morgan fingerprint density at radius 1 is 1.26 bits per heavy atom. The van der Waals surface area contributed by atoms with Crippen LogP contribution in [0.3, 0.4) is 0 Å². The second-order valence-electron chi connectivity index (χ2n) is 5.92. The fraction of sp³-hybridized carbons (Fsp3) is 0.929. The number of hydrogen-bond acceptors (Lipinski definition) is 3. The lowest BCUT2D eigenvalue weighted by atomic mass is 9.78. The molecule has 0 aromatic rings. The van der Waals surface area contributed by atoms with Crippen LogP contribution in [0, 0.1) is 5.92 Å². The maximum absolute atomic E-state index is 12.4. The number of morpholine rings is 1. The molecule has 3 aliphatic rings. The summed E-state index contributed by atoms with van der Waals surface area (Å²) in [6, 6.07) is 0.782. The van der Waals surface area contributed by atoms with Gasteiger partial charge in [0.1, 0.15) is 0 Å². The van der Waals surface area contributed by atoms with E-state index < -0.39 is 0 Å². The Morgan fingerprint density at radius 3 is 2.74 bits per heavy atom. The van der Waals surface area contributed by atoms with Crippen molar-refractivity contribution in [1.82, 2.24) is 10.2 Å². The average molecular weight is 289 g/mol. The third kappa shape index (κ3) is 3.41. The molecule has 2 aliphatic heterocycles. The van der Waals surface area contributed by atoms with Gasteiger partial charge in [-0.1, -0.05) is 6.42 Å². The van der Waals surface area contributed by atoms with Gasteiger partial charge in [-0.2, -0.15) is 0 Å². The Morgan fingerprint density at radius 2 is 2.11 bits per heavy atom. The third-order valence-corrected chi connectivity index (χ3v) is 4.73. The SMILES string of the molecule is Cl.O=C(CC1COCCN1)N1CCCC1C1CCC1. The number of hydrogen-bond donors (Lipinski definition) is 1. The summed E-state index contributed by atoms with van der Waals surface area (Å²) in [5, 5.41) is 3.37. The lowest BCUT2D eigenvalue weighted by Gasteiger charge is -2.37. The summed E-state index contributed by atoms with van der Waals surface area (Å²) in [4.78, 5) is 14.6. The Bertz CT molecular complexity index is 304. The summed E-state index contributed by atoms with van der Waals surface area (Å²) < 4.78 is 5.42. The summed E-state index contributed by atoms with van der Waals surface area (Å²) in [6.45, 7) is 3.32. The van der Waals surface area contributed by atoms with E-state index in [0.29, 0.717) is 25.0 Å². The standard InChI is InChI=1S/C14H24N2O2.ClH/c17-14(9-12-10-18-8-6-15-12)16-7-2-5-13(16)11-3-1-4-11;/h11-13,15H,1-10H2;1H. The fourth-order valence-corrected chi connectivity index (χ4v) is 3.50. The van der Waals surface area contributed by atoms with E-state index in [4.69, 9.17) is 4.74 Å². The number of rotatable bonds is 3. The highest BCUT2D eigenvalue weighted by Crippen LogP contribution is 2.37. The Labute approximate surface area is 121 Å². The topological polar surface area (TPSA) is 41.6 Å². The smallest absolute Gasteiger partial charge is 0.224 e. The molecule has 2 saturated heterocycles. The first-order valence-corrected chi connectivity index (χ1v) is 7.45. The second kappa shape index (κ2) is 6.91. The summed E-state index contributed by atoms with van der Waals surface area (Å²) in [7, 11) is 0. The van der Waals surface area contributed by atoms with Crippen LogP contribution < -0.4 is 5.32 Å². The van der Waals surface area contributed by atoms with Gasteiger partial charge in [-0.25, -0.2) is 0 Å². The van der Waals surface area contributed by atoms with Crippen LogP contribution in [0.15, 0.2) is 0 Å². The highest BCUT2D eigenvalue weighted by molar-refractivity contribution is 5.85. The quantitative estimate of drug-likeness (QED) is 0.857. The van der Waals surface area contributed by atoms with Crippen molar-refractivity contribution in [3.63, 3.8) is 0 Å². The molecular weight excluding hydrogens is 264 g/mol. The minimum atomic E-state index is 0. The van der Waals surface area contributed by atoms with E-state index in [-0.39, 0.29) is 18.4 Å². The van der Waals surface area contributed by atoms with Gasteiger partial charge in [0.2, 0.25) is 5.91 Å². The summed E-state index contributed by atoms with van der Waals surface area (Å²) >= 11 is 0. The molecule has 110 valence electrons. The molecule has 4 nitrogen and oxygen atoms in total. The van der Waals surface area contributed by atoms with Crippen molar-refractivity contribution < 1.29 is 9.53 Å². The lowest BCUT2D eigenvalue weighted by Crippen LogP contribution is -2.47. The van der Waals surface area contributed by atoms with Gasteiger partial charge in [-0.3, -0.25) is 4.79 Å². The first-order valence-electron chi connectivity index (χ1n) is 7.45. The molecule has 0 aromatic heterocycles. The molecule has 2 unspecified atom stereocenters. The Hall–Kier alpha value is -0.320. The van der Waals surface area contributed by atoms with Crippen LogP contribution in [0.2, 0.25) is 0 Å². The molecule has 0 radical (unpaired) electrons. The molecule has 5 heteroatoms. The first-order chi connectivity index (χ1) is 8.84. The molecule has 3 rings (SSSR count). The molecule has 19 heavy (non-hydrogen) atoms. The summed E-state index contributed by atoms with van der Waals surface area (Å²) in [6.07, 6.45) is 7.06. The number of ether oxygens (including phenoxy) is 1. The predicted octanol–water partition coefficient (Wildman–Crippen LogP) is 1.58. The zero-order valence-electron chi connectivity index (χ0n) is 11.5. The molecule has 3 fully saturated rings. The van der Waals surface area contributed by atoms with Gasteiger partial charge >= 0.3 is 0 Å². The van der Waals surface area contributed by atoms with E-state index in [0.717, 1.165) is 25.6 Å². The van der Waals surface area contributed by atoms with Crippen molar-refractivity contribution in [2.24, 2.45) is 5.92 Å². The zero-order valence-corrected chi connectivity index (χ0v) is 12.3. The van der Waals surface area contributed by atoms with Gasteiger partial charge in [0.05, 0.1) is 13.2 Å². The van der Waals surface area contributed by atoms with Crippen LogP contribution in [0.5, 0.6) is 0 Å². The van der Waals surface area contributed by atoms with Crippen molar-refractivity contribution in [2.75, 3.05) is 26.3 Å². The van der Waals surface area contributed by atoms with Crippen LogP contribution in [0.25, 0.3) is 0 Å². The lowest BCUT2D eigenvalue weighted by molar-refractivity contribution is -0.134. The molecular formula is C14H25ClN2O2. The first kappa shape index (κ1) is 15.1. The molecule has 1 amide bonds. The van der Waals surface area contributed by atoms with Gasteiger partial charge in [0, 0.05) is 31.6 Å². The molecule has 1 aliphatic carbocycles. The second-order valence-corrected chi connectivity index (χ2v) is 5.92. The number of nitrogens with one attached hydrogen (secondary N) is 1. The maximum Gasteiger partial charge on any atom is 0.224 e. The normalized spacial score (nSPS) is 31.7. The van der Waals surface area contributed by atoms with E-state index in [1.54, 1.807) is 0 Å². The minimum absolute atomic E-state index is 0. The van der Waals surface area contributed by atoms with Crippen LogP contribution in [0.1, 0.15) is 38.5 Å². The number of carbonyl (C=O) groups is 1. The highest BCUT2D eigenvalue weighted by atomic mass is 35.5. The van der Waals surface area contributed by atoms with Crippen molar-refractivity contribution in [1.29, 1.82) is 0 Å². The van der Waals surface area contributed by atoms with Crippen LogP contribution in [0.4, 0.5) is 0 Å². The van der Waals surface area contributed by atoms with E-state index in [9.17, 15) is 4.79 Å². The Balaban J connectivity index is 0.00000133. The van der Waals surface area contributed by atoms with E-state index in [1.165, 1.54) is 32.1 Å². The van der Waals surface area contributed by atoms with Crippen LogP contribution >= 0.6 is 12.4 Å². The largest absolute Gasteiger partial charge is 0.378 e. The van der Waals surface area contributed by atoms with Gasteiger partial charge in [-0.05, 0) is 31.6 Å². The van der Waals surface area contributed by atoms with Crippen molar-refractivity contribution in [3.05, 3.63) is 0 Å². The van der Waals surface area contributed by atoms with Gasteiger partial charge in [0.15, 0.2) is 0 Å². The van der Waals surface area contributed by atoms with Crippen molar-refractivity contribution in [2.45, 2.75) is 50.6 Å². The maximum atomic E-state index is 12.4. The fourth-order valence-electron chi connectivity index (χ4n) is 3.50. The van der Waals surface area contributed by atoms with Crippen molar-refractivity contribution >= 4 is 18.3 Å². The van der Waals surface area contributed by atoms with E-state index >= 15 is 0 Å².